The molecule has 0 radical (unpaired) electrons. The Morgan fingerprint density at radius 3 is 3.00 bits per heavy atom. The van der Waals surface area contributed by atoms with E-state index in [9.17, 15) is 4.79 Å². The first-order chi connectivity index (χ1) is 9.13. The van der Waals surface area contributed by atoms with Crippen molar-refractivity contribution in [3.63, 3.8) is 0 Å². The first kappa shape index (κ1) is 13.2. The van der Waals surface area contributed by atoms with Crippen LogP contribution in [0.3, 0.4) is 0 Å². The van der Waals surface area contributed by atoms with E-state index in [0.29, 0.717) is 11.5 Å². The fourth-order valence-corrected chi connectivity index (χ4v) is 1.90. The molecule has 0 bridgehead atoms. The number of amides is 1. The van der Waals surface area contributed by atoms with Gasteiger partial charge in [-0.15, -0.1) is 0 Å². The monoisotopic (exact) mass is 263 g/mol. The summed E-state index contributed by atoms with van der Waals surface area (Å²) in [5, 5.41) is 6.64. The van der Waals surface area contributed by atoms with E-state index in [1.807, 2.05) is 6.92 Å². The second-order valence-corrected chi connectivity index (χ2v) is 4.41. The summed E-state index contributed by atoms with van der Waals surface area (Å²) in [6, 6.07) is 3.47. The van der Waals surface area contributed by atoms with Gasteiger partial charge in [-0.05, 0) is 25.5 Å². The van der Waals surface area contributed by atoms with Gasteiger partial charge in [0.05, 0.1) is 6.26 Å². The molecule has 0 aromatic carbocycles. The fraction of sp³-hybridized carbons (Fsp3) is 0.385. The Morgan fingerprint density at radius 1 is 1.58 bits per heavy atom. The van der Waals surface area contributed by atoms with Crippen LogP contribution in [0.5, 0.6) is 0 Å². The Balaban J connectivity index is 2.24. The van der Waals surface area contributed by atoms with Crippen molar-refractivity contribution in [1.82, 2.24) is 10.5 Å². The van der Waals surface area contributed by atoms with Crippen LogP contribution in [0.15, 0.2) is 27.3 Å². The molecule has 6 nitrogen and oxygen atoms in total. The lowest BCUT2D eigenvalue weighted by molar-refractivity contribution is 0.0939. The van der Waals surface area contributed by atoms with Crippen molar-refractivity contribution >= 4 is 11.8 Å². The van der Waals surface area contributed by atoms with Gasteiger partial charge in [0.15, 0.2) is 11.5 Å². The van der Waals surface area contributed by atoms with E-state index >= 15 is 0 Å². The maximum atomic E-state index is 12.2. The lowest BCUT2D eigenvalue weighted by Crippen LogP contribution is -2.32. The summed E-state index contributed by atoms with van der Waals surface area (Å²) >= 11 is 0. The van der Waals surface area contributed by atoms with E-state index in [2.05, 4.69) is 17.4 Å². The quantitative estimate of drug-likeness (QED) is 0.864. The van der Waals surface area contributed by atoms with E-state index in [4.69, 9.17) is 14.7 Å². The van der Waals surface area contributed by atoms with Gasteiger partial charge in [-0.1, -0.05) is 18.5 Å². The van der Waals surface area contributed by atoms with Gasteiger partial charge in [0.1, 0.15) is 5.56 Å². The minimum absolute atomic E-state index is 0.00685. The summed E-state index contributed by atoms with van der Waals surface area (Å²) in [6.45, 7) is 4.00. The van der Waals surface area contributed by atoms with Gasteiger partial charge in [-0.3, -0.25) is 4.79 Å². The topological polar surface area (TPSA) is 94.3 Å². The van der Waals surface area contributed by atoms with Gasteiger partial charge in [0.25, 0.3) is 5.91 Å². The number of nitrogens with two attached hydrogens (primary N) is 1. The van der Waals surface area contributed by atoms with Crippen LogP contribution < -0.4 is 11.1 Å². The largest absolute Gasteiger partial charge is 0.463 e. The van der Waals surface area contributed by atoms with Crippen molar-refractivity contribution in [2.24, 2.45) is 0 Å². The average Bonchev–Trinajstić information content (AvgIpc) is 2.97. The van der Waals surface area contributed by atoms with E-state index in [1.165, 1.54) is 6.26 Å². The van der Waals surface area contributed by atoms with Crippen LogP contribution in [0.2, 0.25) is 0 Å². The van der Waals surface area contributed by atoms with E-state index in [0.717, 1.165) is 12.8 Å². The van der Waals surface area contributed by atoms with Gasteiger partial charge < -0.3 is 20.0 Å². The molecule has 6 heteroatoms. The highest BCUT2D eigenvalue weighted by molar-refractivity contribution is 6.03. The first-order valence-corrected chi connectivity index (χ1v) is 6.23. The molecule has 2 aromatic heterocycles. The van der Waals surface area contributed by atoms with Gasteiger partial charge in [-0.25, -0.2) is 0 Å². The Morgan fingerprint density at radius 2 is 2.37 bits per heavy atom. The zero-order valence-corrected chi connectivity index (χ0v) is 11.0. The number of rotatable bonds is 5. The molecule has 3 N–H and O–H groups in total. The standard InChI is InChI=1S/C13H17N3O3/c1-3-5-8(2)15-13(17)10-11(16-19-12(10)14)9-6-4-7-18-9/h4,6-8H,3,5,14H2,1-2H3,(H,15,17). The van der Waals surface area contributed by atoms with Crippen molar-refractivity contribution in [2.45, 2.75) is 32.7 Å². The number of anilines is 1. The van der Waals surface area contributed by atoms with Gasteiger partial charge in [-0.2, -0.15) is 0 Å². The molecule has 1 unspecified atom stereocenters. The van der Waals surface area contributed by atoms with Crippen molar-refractivity contribution in [3.05, 3.63) is 24.0 Å². The summed E-state index contributed by atoms with van der Waals surface area (Å²) in [6.07, 6.45) is 3.39. The summed E-state index contributed by atoms with van der Waals surface area (Å²) in [4.78, 5) is 12.2. The van der Waals surface area contributed by atoms with E-state index in [1.54, 1.807) is 12.1 Å². The molecule has 2 aromatic rings. The van der Waals surface area contributed by atoms with Crippen LogP contribution in [0.25, 0.3) is 11.5 Å². The molecule has 102 valence electrons. The molecule has 2 heterocycles. The summed E-state index contributed by atoms with van der Waals surface area (Å²) in [7, 11) is 0. The number of nitrogen functional groups attached to an aromatic ring is 1. The lowest BCUT2D eigenvalue weighted by Gasteiger charge is -2.12. The Labute approximate surface area is 110 Å². The van der Waals surface area contributed by atoms with Gasteiger partial charge in [0, 0.05) is 6.04 Å². The maximum absolute atomic E-state index is 12.2. The minimum Gasteiger partial charge on any atom is -0.463 e. The van der Waals surface area contributed by atoms with Crippen molar-refractivity contribution < 1.29 is 13.7 Å². The predicted molar refractivity (Wildman–Crippen MR) is 70.5 cm³/mol. The van der Waals surface area contributed by atoms with Crippen LogP contribution in [-0.2, 0) is 0 Å². The van der Waals surface area contributed by atoms with Crippen molar-refractivity contribution in [1.29, 1.82) is 0 Å². The van der Waals surface area contributed by atoms with Crippen LogP contribution in [0.4, 0.5) is 5.88 Å². The number of furan rings is 1. The van der Waals surface area contributed by atoms with E-state index < -0.39 is 0 Å². The number of hydrogen-bond acceptors (Lipinski definition) is 5. The molecule has 0 saturated carbocycles. The van der Waals surface area contributed by atoms with E-state index in [-0.39, 0.29) is 23.4 Å². The summed E-state index contributed by atoms with van der Waals surface area (Å²) < 4.78 is 10.1. The highest BCUT2D eigenvalue weighted by atomic mass is 16.5. The predicted octanol–water partition coefficient (Wildman–Crippen LogP) is 2.44. The van der Waals surface area contributed by atoms with Crippen molar-refractivity contribution in [2.75, 3.05) is 5.73 Å². The van der Waals surface area contributed by atoms with Crippen LogP contribution >= 0.6 is 0 Å². The fourth-order valence-electron chi connectivity index (χ4n) is 1.90. The molecule has 0 spiro atoms. The zero-order chi connectivity index (χ0) is 13.8. The first-order valence-electron chi connectivity index (χ1n) is 6.23. The number of nitrogens with zero attached hydrogens (tertiary/aromatic N) is 1. The Bertz CT molecular complexity index is 545. The summed E-state index contributed by atoms with van der Waals surface area (Å²) in [5.74, 6) is 0.146. The normalized spacial score (nSPS) is 12.3. The Hall–Kier alpha value is -2.24. The van der Waals surface area contributed by atoms with Crippen molar-refractivity contribution in [3.8, 4) is 11.5 Å². The molecular weight excluding hydrogens is 246 g/mol. The number of carbonyl (C=O) groups excluding carboxylic acids is 1. The molecule has 1 atom stereocenters. The highest BCUT2D eigenvalue weighted by Crippen LogP contribution is 2.27. The second kappa shape index (κ2) is 5.60. The SMILES string of the molecule is CCCC(C)NC(=O)c1c(-c2ccco2)noc1N. The molecule has 19 heavy (non-hydrogen) atoms. The molecule has 0 aliphatic carbocycles. The third-order valence-corrected chi connectivity index (χ3v) is 2.80. The van der Waals surface area contributed by atoms with Crippen LogP contribution in [-0.4, -0.2) is 17.1 Å². The molecule has 0 saturated heterocycles. The number of aromatic nitrogens is 1. The average molecular weight is 263 g/mol. The minimum atomic E-state index is -0.300. The third kappa shape index (κ3) is 2.78. The highest BCUT2D eigenvalue weighted by Gasteiger charge is 2.24. The molecule has 1 amide bonds. The third-order valence-electron chi connectivity index (χ3n) is 2.80. The van der Waals surface area contributed by atoms with Crippen LogP contribution in [0.1, 0.15) is 37.0 Å². The van der Waals surface area contributed by atoms with Gasteiger partial charge >= 0.3 is 0 Å². The molecule has 0 fully saturated rings. The maximum Gasteiger partial charge on any atom is 0.259 e. The van der Waals surface area contributed by atoms with Gasteiger partial charge in [0.2, 0.25) is 5.88 Å². The Kier molecular flexibility index (Phi) is 3.89. The zero-order valence-electron chi connectivity index (χ0n) is 11.0. The molecule has 0 aliphatic heterocycles. The summed E-state index contributed by atoms with van der Waals surface area (Å²) in [5.41, 5.74) is 6.21. The smallest absolute Gasteiger partial charge is 0.259 e. The molecule has 0 aliphatic rings. The lowest BCUT2D eigenvalue weighted by atomic mass is 10.1. The number of hydrogen-bond donors (Lipinski definition) is 2. The second-order valence-electron chi connectivity index (χ2n) is 4.41. The number of carbonyl (C=O) groups is 1. The number of nitrogens with one attached hydrogen (secondary N) is 1. The molecular formula is C13H17N3O3. The van der Waals surface area contributed by atoms with Crippen LogP contribution in [0, 0.1) is 0 Å². The molecule has 2 rings (SSSR count).